The Bertz CT molecular complexity index is 1030. The monoisotopic (exact) mass is 395 g/mol. The Morgan fingerprint density at radius 3 is 2.59 bits per heavy atom. The van der Waals surface area contributed by atoms with Gasteiger partial charge in [0.05, 0.1) is 0 Å². The second-order valence-electron chi connectivity index (χ2n) is 6.53. The summed E-state index contributed by atoms with van der Waals surface area (Å²) in [4.78, 5) is 28.1. The van der Waals surface area contributed by atoms with Crippen LogP contribution in [0.2, 0.25) is 0 Å². The number of benzene rings is 1. The number of fused-ring (bicyclic) bond motifs is 1. The zero-order valence-corrected chi connectivity index (χ0v) is 15.8. The van der Waals surface area contributed by atoms with Gasteiger partial charge in [0.1, 0.15) is 5.75 Å². The van der Waals surface area contributed by atoms with Crippen LogP contribution in [-0.4, -0.2) is 57.2 Å². The van der Waals surface area contributed by atoms with Crippen molar-refractivity contribution in [2.75, 3.05) is 20.1 Å². The minimum atomic E-state index is -1.82. The molecule has 0 fully saturated rings. The Morgan fingerprint density at radius 2 is 1.97 bits per heavy atom. The molecule has 0 amide bonds. The van der Waals surface area contributed by atoms with Crippen molar-refractivity contribution in [1.82, 2.24) is 14.9 Å². The summed E-state index contributed by atoms with van der Waals surface area (Å²) in [5.41, 5.74) is 3.82. The second-order valence-corrected chi connectivity index (χ2v) is 6.53. The molecule has 1 aliphatic rings. The number of carbonyl (C=O) groups is 2. The third-order valence-corrected chi connectivity index (χ3v) is 4.45. The van der Waals surface area contributed by atoms with E-state index in [2.05, 4.69) is 46.3 Å². The van der Waals surface area contributed by atoms with Crippen LogP contribution in [0.15, 0.2) is 54.9 Å². The predicted molar refractivity (Wildman–Crippen MR) is 108 cm³/mol. The molecule has 0 aliphatic carbocycles. The fraction of sp³-hybridized carbons (Fsp3) is 0.190. The molecule has 150 valence electrons. The molecule has 4 rings (SSSR count). The molecule has 0 saturated heterocycles. The third-order valence-electron chi connectivity index (χ3n) is 4.45. The highest BCUT2D eigenvalue weighted by Crippen LogP contribution is 2.32. The van der Waals surface area contributed by atoms with Gasteiger partial charge in [-0.3, -0.25) is 0 Å². The number of hydrogen-bond acceptors (Lipinski definition) is 5. The SMILES string of the molecule is CN1CC=C(c2c[nH]c3ccc(Oc4ccccn4)cc23)CC1.O=C(O)C(=O)O. The van der Waals surface area contributed by atoms with Crippen molar-refractivity contribution in [2.45, 2.75) is 6.42 Å². The number of nitrogens with one attached hydrogen (secondary N) is 1. The molecule has 1 aliphatic heterocycles. The average Bonchev–Trinajstić information content (AvgIpc) is 3.13. The molecule has 8 heteroatoms. The van der Waals surface area contributed by atoms with Crippen molar-refractivity contribution in [3.05, 3.63) is 60.4 Å². The number of aliphatic carboxylic acids is 2. The lowest BCUT2D eigenvalue weighted by molar-refractivity contribution is -0.159. The zero-order chi connectivity index (χ0) is 20.8. The first-order chi connectivity index (χ1) is 13.9. The number of aromatic nitrogens is 2. The van der Waals surface area contributed by atoms with Crippen LogP contribution >= 0.6 is 0 Å². The van der Waals surface area contributed by atoms with Gasteiger partial charge >= 0.3 is 11.9 Å². The van der Waals surface area contributed by atoms with Crippen LogP contribution in [0.4, 0.5) is 0 Å². The van der Waals surface area contributed by atoms with Crippen LogP contribution in [0.5, 0.6) is 11.6 Å². The summed E-state index contributed by atoms with van der Waals surface area (Å²) in [5, 5.41) is 16.0. The molecule has 3 heterocycles. The lowest BCUT2D eigenvalue weighted by Gasteiger charge is -2.21. The van der Waals surface area contributed by atoms with Gasteiger partial charge in [0.2, 0.25) is 5.88 Å². The molecule has 2 aromatic heterocycles. The Morgan fingerprint density at radius 1 is 1.17 bits per heavy atom. The lowest BCUT2D eigenvalue weighted by atomic mass is 9.99. The molecule has 0 atom stereocenters. The summed E-state index contributed by atoms with van der Waals surface area (Å²) < 4.78 is 5.86. The smallest absolute Gasteiger partial charge is 0.414 e. The van der Waals surface area contributed by atoms with Gasteiger partial charge in [-0.05, 0) is 43.3 Å². The molecule has 0 radical (unpaired) electrons. The first-order valence-electron chi connectivity index (χ1n) is 8.98. The maximum Gasteiger partial charge on any atom is 0.414 e. The van der Waals surface area contributed by atoms with Crippen LogP contribution in [-0.2, 0) is 9.59 Å². The summed E-state index contributed by atoms with van der Waals surface area (Å²) in [6.07, 6.45) is 7.23. The highest BCUT2D eigenvalue weighted by molar-refractivity contribution is 6.27. The highest BCUT2D eigenvalue weighted by Gasteiger charge is 2.14. The molecule has 0 spiro atoms. The summed E-state index contributed by atoms with van der Waals surface area (Å²) in [6, 6.07) is 11.8. The van der Waals surface area contributed by atoms with Gasteiger partial charge in [0.15, 0.2) is 0 Å². The van der Waals surface area contributed by atoms with E-state index in [0.717, 1.165) is 30.8 Å². The van der Waals surface area contributed by atoms with Gasteiger partial charge in [-0.1, -0.05) is 12.1 Å². The number of pyridine rings is 1. The quantitative estimate of drug-likeness (QED) is 0.583. The number of hydrogen-bond donors (Lipinski definition) is 3. The van der Waals surface area contributed by atoms with Crippen LogP contribution in [0.1, 0.15) is 12.0 Å². The summed E-state index contributed by atoms with van der Waals surface area (Å²) in [7, 11) is 2.15. The molecule has 0 bridgehead atoms. The molecular weight excluding hydrogens is 374 g/mol. The van der Waals surface area contributed by atoms with Gasteiger partial charge < -0.3 is 24.8 Å². The number of aromatic amines is 1. The maximum absolute atomic E-state index is 9.10. The first kappa shape index (κ1) is 20.1. The molecule has 0 saturated carbocycles. The number of H-pyrrole nitrogens is 1. The number of carboxylic acids is 2. The number of likely N-dealkylation sites (N-methyl/N-ethyl adjacent to an activating group) is 1. The second kappa shape index (κ2) is 9.03. The Kier molecular flexibility index (Phi) is 6.25. The fourth-order valence-electron chi connectivity index (χ4n) is 2.97. The minimum absolute atomic E-state index is 0.613. The largest absolute Gasteiger partial charge is 0.473 e. The Hall–Kier alpha value is -3.65. The molecule has 8 nitrogen and oxygen atoms in total. The van der Waals surface area contributed by atoms with Crippen molar-refractivity contribution in [2.24, 2.45) is 0 Å². The summed E-state index contributed by atoms with van der Waals surface area (Å²) >= 11 is 0. The van der Waals surface area contributed by atoms with Crippen LogP contribution < -0.4 is 4.74 Å². The van der Waals surface area contributed by atoms with Gasteiger partial charge in [-0.2, -0.15) is 0 Å². The van der Waals surface area contributed by atoms with Crippen molar-refractivity contribution >= 4 is 28.4 Å². The van der Waals surface area contributed by atoms with E-state index in [9.17, 15) is 0 Å². The number of nitrogens with zero attached hydrogens (tertiary/aromatic N) is 2. The summed E-state index contributed by atoms with van der Waals surface area (Å²) in [5.74, 6) is -2.22. The predicted octanol–water partition coefficient (Wildman–Crippen LogP) is 3.23. The molecule has 29 heavy (non-hydrogen) atoms. The summed E-state index contributed by atoms with van der Waals surface area (Å²) in [6.45, 7) is 2.11. The van der Waals surface area contributed by atoms with E-state index in [1.54, 1.807) is 6.20 Å². The van der Waals surface area contributed by atoms with E-state index in [-0.39, 0.29) is 0 Å². The van der Waals surface area contributed by atoms with E-state index in [4.69, 9.17) is 24.5 Å². The fourth-order valence-corrected chi connectivity index (χ4v) is 2.97. The van der Waals surface area contributed by atoms with Gasteiger partial charge in [-0.15, -0.1) is 0 Å². The first-order valence-corrected chi connectivity index (χ1v) is 8.98. The molecular formula is C21H21N3O5. The average molecular weight is 395 g/mol. The Balaban J connectivity index is 0.000000353. The van der Waals surface area contributed by atoms with Crippen LogP contribution in [0, 0.1) is 0 Å². The van der Waals surface area contributed by atoms with Crippen molar-refractivity contribution in [3.8, 4) is 11.6 Å². The van der Waals surface area contributed by atoms with Crippen LogP contribution in [0.3, 0.4) is 0 Å². The van der Waals surface area contributed by atoms with Gasteiger partial charge in [0, 0.05) is 48.0 Å². The van der Waals surface area contributed by atoms with Crippen molar-refractivity contribution < 1.29 is 24.5 Å². The van der Waals surface area contributed by atoms with Crippen LogP contribution in [0.25, 0.3) is 16.5 Å². The van der Waals surface area contributed by atoms with E-state index in [1.165, 1.54) is 16.5 Å². The molecule has 3 aromatic rings. The van der Waals surface area contributed by atoms with E-state index >= 15 is 0 Å². The van der Waals surface area contributed by atoms with E-state index in [0.29, 0.717) is 5.88 Å². The number of ether oxygens (including phenoxy) is 1. The Labute approximate surface area is 167 Å². The lowest BCUT2D eigenvalue weighted by Crippen LogP contribution is -2.23. The normalized spacial score (nSPS) is 13.9. The number of rotatable bonds is 3. The zero-order valence-electron chi connectivity index (χ0n) is 15.8. The van der Waals surface area contributed by atoms with E-state index in [1.807, 2.05) is 24.3 Å². The molecule has 1 aromatic carbocycles. The maximum atomic E-state index is 9.10. The van der Waals surface area contributed by atoms with Gasteiger partial charge in [-0.25, -0.2) is 14.6 Å². The molecule has 0 unspecified atom stereocenters. The van der Waals surface area contributed by atoms with Crippen molar-refractivity contribution in [1.29, 1.82) is 0 Å². The molecule has 3 N–H and O–H groups in total. The van der Waals surface area contributed by atoms with Gasteiger partial charge in [0.25, 0.3) is 0 Å². The number of carboxylic acid groups (broad SMARTS) is 2. The van der Waals surface area contributed by atoms with E-state index < -0.39 is 11.9 Å². The standard InChI is InChI=1S/C19H19N3O.C2H2O4/c1-22-10-7-14(8-11-22)17-13-21-18-6-5-15(12-16(17)18)23-19-4-2-3-9-20-19;3-1(4)2(5)6/h2-7,9,12-13,21H,8,10-11H2,1H3;(H,3,4)(H,5,6). The highest BCUT2D eigenvalue weighted by atomic mass is 16.5. The minimum Gasteiger partial charge on any atom is -0.473 e. The third kappa shape index (κ3) is 5.20. The van der Waals surface area contributed by atoms with Crippen molar-refractivity contribution in [3.63, 3.8) is 0 Å². The topological polar surface area (TPSA) is 116 Å².